The smallest absolute Gasteiger partial charge is 0.225 e. The molecule has 1 aliphatic heterocycles. The topological polar surface area (TPSA) is 61.3 Å². The fourth-order valence-corrected chi connectivity index (χ4v) is 2.59. The molecule has 1 saturated heterocycles. The molecule has 0 bridgehead atoms. The first kappa shape index (κ1) is 13.1. The number of nitrogens with one attached hydrogen (secondary N) is 1. The fourth-order valence-electron chi connectivity index (χ4n) is 2.59. The maximum atomic E-state index is 8.85. The minimum absolute atomic E-state index is 0.180. The van der Waals surface area contributed by atoms with Gasteiger partial charge in [-0.3, -0.25) is 0 Å². The average Bonchev–Trinajstić information content (AvgIpc) is 3.01. The van der Waals surface area contributed by atoms with Crippen molar-refractivity contribution in [3.05, 3.63) is 24.3 Å². The molecule has 0 spiro atoms. The molecule has 3 rings (SSSR count). The second kappa shape index (κ2) is 6.05. The van der Waals surface area contributed by atoms with Crippen LogP contribution in [0.5, 0.6) is 0 Å². The van der Waals surface area contributed by atoms with Gasteiger partial charge in [-0.05, 0) is 31.4 Å². The Morgan fingerprint density at radius 2 is 1.95 bits per heavy atom. The summed E-state index contributed by atoms with van der Waals surface area (Å²) < 4.78 is 0. The summed E-state index contributed by atoms with van der Waals surface area (Å²) in [5.74, 6) is 1.68. The molecule has 0 atom stereocenters. The highest BCUT2D eigenvalue weighted by Gasteiger charge is 2.17. The first-order chi connectivity index (χ1) is 9.88. The molecule has 0 aliphatic carbocycles. The third kappa shape index (κ3) is 2.67. The van der Waals surface area contributed by atoms with Crippen molar-refractivity contribution in [3.63, 3.8) is 0 Å². The summed E-state index contributed by atoms with van der Waals surface area (Å²) in [5, 5.41) is 13.2. The van der Waals surface area contributed by atoms with Crippen molar-refractivity contribution in [2.75, 3.05) is 36.5 Å². The van der Waals surface area contributed by atoms with Gasteiger partial charge in [0.1, 0.15) is 5.82 Å². The van der Waals surface area contributed by atoms with E-state index in [0.29, 0.717) is 18.9 Å². The van der Waals surface area contributed by atoms with Gasteiger partial charge >= 0.3 is 0 Å². The monoisotopic (exact) mass is 272 g/mol. The zero-order valence-corrected chi connectivity index (χ0v) is 11.5. The lowest BCUT2D eigenvalue weighted by molar-refractivity contribution is 0.292. The molecule has 1 aromatic carbocycles. The third-order valence-electron chi connectivity index (χ3n) is 3.61. The third-order valence-corrected chi connectivity index (χ3v) is 3.61. The first-order valence-electron chi connectivity index (χ1n) is 7.25. The number of anilines is 2. The van der Waals surface area contributed by atoms with Gasteiger partial charge < -0.3 is 15.3 Å². The number of hydrogen-bond donors (Lipinski definition) is 2. The largest absolute Gasteiger partial charge is 0.396 e. The van der Waals surface area contributed by atoms with E-state index in [1.165, 1.54) is 12.8 Å². The summed E-state index contributed by atoms with van der Waals surface area (Å²) in [6.45, 7) is 3.00. The Kier molecular flexibility index (Phi) is 3.97. The standard InChI is InChI=1S/C15H20N4O/c20-11-5-8-16-15-17-13-7-2-1-6-12(13)14(18-15)19-9-3-4-10-19/h1-2,6-7,20H,3-5,8-11H2,(H,16,17,18). The lowest BCUT2D eigenvalue weighted by atomic mass is 10.2. The predicted molar refractivity (Wildman–Crippen MR) is 81.2 cm³/mol. The zero-order chi connectivity index (χ0) is 13.8. The summed E-state index contributed by atoms with van der Waals surface area (Å²) in [7, 11) is 0. The zero-order valence-electron chi connectivity index (χ0n) is 11.5. The van der Waals surface area contributed by atoms with E-state index < -0.39 is 0 Å². The van der Waals surface area contributed by atoms with Gasteiger partial charge in [0, 0.05) is 31.6 Å². The Bertz CT molecular complexity index is 581. The van der Waals surface area contributed by atoms with E-state index in [-0.39, 0.29) is 6.61 Å². The second-order valence-corrected chi connectivity index (χ2v) is 5.09. The molecule has 1 aliphatic rings. The molecular formula is C15H20N4O. The van der Waals surface area contributed by atoms with Crippen LogP contribution in [0.2, 0.25) is 0 Å². The van der Waals surface area contributed by atoms with Gasteiger partial charge in [0.05, 0.1) is 5.52 Å². The number of aromatic nitrogens is 2. The number of fused-ring (bicyclic) bond motifs is 1. The number of benzene rings is 1. The Hall–Kier alpha value is -1.88. The van der Waals surface area contributed by atoms with Crippen LogP contribution in [0, 0.1) is 0 Å². The lowest BCUT2D eigenvalue weighted by Gasteiger charge is -2.19. The van der Waals surface area contributed by atoms with E-state index in [2.05, 4.69) is 26.3 Å². The van der Waals surface area contributed by atoms with E-state index in [0.717, 1.165) is 29.8 Å². The second-order valence-electron chi connectivity index (χ2n) is 5.09. The number of aliphatic hydroxyl groups excluding tert-OH is 1. The number of hydrogen-bond acceptors (Lipinski definition) is 5. The molecule has 2 aromatic rings. The quantitative estimate of drug-likeness (QED) is 0.815. The van der Waals surface area contributed by atoms with Crippen molar-refractivity contribution in [3.8, 4) is 0 Å². The van der Waals surface area contributed by atoms with Crippen molar-refractivity contribution in [2.24, 2.45) is 0 Å². The summed E-state index contributed by atoms with van der Waals surface area (Å²) in [4.78, 5) is 11.6. The minimum atomic E-state index is 0.180. The van der Waals surface area contributed by atoms with Crippen LogP contribution in [0.4, 0.5) is 11.8 Å². The summed E-state index contributed by atoms with van der Waals surface area (Å²) in [6.07, 6.45) is 3.16. The van der Waals surface area contributed by atoms with Gasteiger partial charge in [0.15, 0.2) is 0 Å². The minimum Gasteiger partial charge on any atom is -0.396 e. The molecule has 5 heteroatoms. The molecule has 5 nitrogen and oxygen atoms in total. The molecule has 0 unspecified atom stereocenters. The van der Waals surface area contributed by atoms with Gasteiger partial charge in [0.25, 0.3) is 0 Å². The Morgan fingerprint density at radius 1 is 1.15 bits per heavy atom. The molecule has 0 radical (unpaired) electrons. The van der Waals surface area contributed by atoms with Crippen molar-refractivity contribution in [1.29, 1.82) is 0 Å². The van der Waals surface area contributed by atoms with Crippen LogP contribution in [0.15, 0.2) is 24.3 Å². The van der Waals surface area contributed by atoms with Gasteiger partial charge in [-0.1, -0.05) is 12.1 Å². The van der Waals surface area contributed by atoms with E-state index >= 15 is 0 Å². The number of rotatable bonds is 5. The number of para-hydroxylation sites is 1. The number of nitrogens with zero attached hydrogens (tertiary/aromatic N) is 3. The van der Waals surface area contributed by atoms with Crippen LogP contribution in [0.25, 0.3) is 10.9 Å². The van der Waals surface area contributed by atoms with Crippen LogP contribution in [0.1, 0.15) is 19.3 Å². The van der Waals surface area contributed by atoms with Crippen LogP contribution in [0.3, 0.4) is 0 Å². The van der Waals surface area contributed by atoms with Gasteiger partial charge in [-0.2, -0.15) is 4.98 Å². The van der Waals surface area contributed by atoms with Crippen LogP contribution in [-0.4, -0.2) is 41.3 Å². The molecule has 0 saturated carbocycles. The van der Waals surface area contributed by atoms with Crippen LogP contribution in [-0.2, 0) is 0 Å². The number of aliphatic hydroxyl groups is 1. The molecule has 1 aromatic heterocycles. The maximum Gasteiger partial charge on any atom is 0.225 e. The summed E-state index contributed by atoms with van der Waals surface area (Å²) in [6, 6.07) is 8.14. The molecule has 2 heterocycles. The van der Waals surface area contributed by atoms with Gasteiger partial charge in [-0.15, -0.1) is 0 Å². The van der Waals surface area contributed by atoms with Crippen molar-refractivity contribution >= 4 is 22.7 Å². The first-order valence-corrected chi connectivity index (χ1v) is 7.25. The van der Waals surface area contributed by atoms with E-state index in [1.807, 2.05) is 18.2 Å². The van der Waals surface area contributed by atoms with Crippen molar-refractivity contribution in [1.82, 2.24) is 9.97 Å². The Balaban J connectivity index is 1.96. The Labute approximate surface area is 118 Å². The molecule has 1 fully saturated rings. The van der Waals surface area contributed by atoms with Crippen LogP contribution >= 0.6 is 0 Å². The average molecular weight is 272 g/mol. The SMILES string of the molecule is OCCCNc1nc(N2CCCC2)c2ccccc2n1. The van der Waals surface area contributed by atoms with E-state index in [1.54, 1.807) is 0 Å². The van der Waals surface area contributed by atoms with Gasteiger partial charge in [-0.25, -0.2) is 4.98 Å². The molecule has 0 amide bonds. The molecular weight excluding hydrogens is 252 g/mol. The highest BCUT2D eigenvalue weighted by atomic mass is 16.3. The summed E-state index contributed by atoms with van der Waals surface area (Å²) in [5.41, 5.74) is 0.968. The highest BCUT2D eigenvalue weighted by Crippen LogP contribution is 2.27. The molecule has 106 valence electrons. The van der Waals surface area contributed by atoms with Crippen molar-refractivity contribution in [2.45, 2.75) is 19.3 Å². The maximum absolute atomic E-state index is 8.85. The van der Waals surface area contributed by atoms with Crippen LogP contribution < -0.4 is 10.2 Å². The van der Waals surface area contributed by atoms with Gasteiger partial charge in [0.2, 0.25) is 5.95 Å². The van der Waals surface area contributed by atoms with E-state index in [4.69, 9.17) is 5.11 Å². The predicted octanol–water partition coefficient (Wildman–Crippen LogP) is 2.02. The van der Waals surface area contributed by atoms with Crippen molar-refractivity contribution < 1.29 is 5.11 Å². The van der Waals surface area contributed by atoms with E-state index in [9.17, 15) is 0 Å². The fraction of sp³-hybridized carbons (Fsp3) is 0.467. The lowest BCUT2D eigenvalue weighted by Crippen LogP contribution is -2.20. The Morgan fingerprint density at radius 3 is 2.75 bits per heavy atom. The summed E-state index contributed by atoms with van der Waals surface area (Å²) >= 11 is 0. The molecule has 20 heavy (non-hydrogen) atoms. The highest BCUT2D eigenvalue weighted by molar-refractivity contribution is 5.90. The normalized spacial score (nSPS) is 14.9. The molecule has 2 N–H and O–H groups in total.